The zero-order valence-corrected chi connectivity index (χ0v) is 14.3. The van der Waals surface area contributed by atoms with Gasteiger partial charge in [-0.3, -0.25) is 0 Å². The van der Waals surface area contributed by atoms with Crippen LogP contribution in [-0.4, -0.2) is 38.6 Å². The number of aliphatic hydroxyl groups is 1. The Morgan fingerprint density at radius 2 is 1.74 bits per heavy atom. The Labute approximate surface area is 137 Å². The van der Waals surface area contributed by atoms with E-state index >= 15 is 0 Å². The maximum absolute atomic E-state index is 11.1. The number of fused-ring (bicyclic) bond motifs is 1. The first-order valence-corrected chi connectivity index (χ1v) is 8.48. The summed E-state index contributed by atoms with van der Waals surface area (Å²) < 4.78 is 16.4. The summed E-state index contributed by atoms with van der Waals surface area (Å²) in [5.74, 6) is 2.27. The smallest absolute Gasteiger partial charge is 0.203 e. The molecule has 3 N–H and O–H groups in total. The predicted octanol–water partition coefficient (Wildman–Crippen LogP) is 1.64. The Morgan fingerprint density at radius 1 is 1.04 bits per heavy atom. The van der Waals surface area contributed by atoms with Crippen molar-refractivity contribution in [2.75, 3.05) is 27.9 Å². The van der Waals surface area contributed by atoms with E-state index in [1.165, 1.54) is 6.42 Å². The molecule has 1 aliphatic heterocycles. The van der Waals surface area contributed by atoms with Crippen LogP contribution in [0.4, 0.5) is 0 Å². The molecule has 23 heavy (non-hydrogen) atoms. The fourth-order valence-electron chi connectivity index (χ4n) is 4.41. The standard InChI is InChI=1S/C18H27NO4/c1-21-14-10-12(11-15(22-2)17(14)23-3)16-13-6-4-5-7-18(13,20)8-9-19-16/h10-11,13,16,19-20H,4-9H2,1-3H3/p+1/t13-,16+,18+/m0/s1. The van der Waals surface area contributed by atoms with Crippen LogP contribution >= 0.6 is 0 Å². The SMILES string of the molecule is COc1cc([C@H]2[NH2+]CC[C@]3(O)CCCC[C@@H]23)cc(OC)c1OC. The second-order valence-corrected chi connectivity index (χ2v) is 6.71. The van der Waals surface area contributed by atoms with Gasteiger partial charge in [0.15, 0.2) is 11.5 Å². The van der Waals surface area contributed by atoms with Gasteiger partial charge in [-0.15, -0.1) is 0 Å². The lowest BCUT2D eigenvalue weighted by Crippen LogP contribution is -2.91. The monoisotopic (exact) mass is 322 g/mol. The topological polar surface area (TPSA) is 64.5 Å². The third kappa shape index (κ3) is 2.88. The predicted molar refractivity (Wildman–Crippen MR) is 87.2 cm³/mol. The molecule has 1 aliphatic carbocycles. The van der Waals surface area contributed by atoms with Crippen LogP contribution in [0.5, 0.6) is 17.2 Å². The summed E-state index contributed by atoms with van der Waals surface area (Å²) in [4.78, 5) is 0. The Hall–Kier alpha value is -1.46. The molecule has 2 fully saturated rings. The molecule has 1 aromatic rings. The number of nitrogens with two attached hydrogens (primary N) is 1. The highest BCUT2D eigenvalue weighted by atomic mass is 16.5. The van der Waals surface area contributed by atoms with E-state index in [0.717, 1.165) is 37.8 Å². The lowest BCUT2D eigenvalue weighted by molar-refractivity contribution is -0.719. The molecule has 0 radical (unpaired) electrons. The zero-order valence-electron chi connectivity index (χ0n) is 14.3. The van der Waals surface area contributed by atoms with Crippen LogP contribution in [0.15, 0.2) is 12.1 Å². The van der Waals surface area contributed by atoms with Gasteiger partial charge in [-0.2, -0.15) is 0 Å². The van der Waals surface area contributed by atoms with Crippen LogP contribution in [0.1, 0.15) is 43.7 Å². The second kappa shape index (κ2) is 6.57. The average molecular weight is 322 g/mol. The van der Waals surface area contributed by atoms with Crippen molar-refractivity contribution < 1.29 is 24.6 Å². The molecular weight excluding hydrogens is 294 g/mol. The summed E-state index contributed by atoms with van der Waals surface area (Å²) in [5.41, 5.74) is 0.627. The average Bonchev–Trinajstić information content (AvgIpc) is 2.59. The molecule has 1 saturated carbocycles. The number of benzene rings is 1. The van der Waals surface area contributed by atoms with E-state index in [2.05, 4.69) is 5.32 Å². The van der Waals surface area contributed by atoms with Crippen molar-refractivity contribution in [3.05, 3.63) is 17.7 Å². The Kier molecular flexibility index (Phi) is 4.69. The summed E-state index contributed by atoms with van der Waals surface area (Å²) in [7, 11) is 4.90. The number of piperidine rings is 1. The number of ether oxygens (including phenoxy) is 3. The Bertz CT molecular complexity index is 533. The minimum atomic E-state index is -0.516. The van der Waals surface area contributed by atoms with Crippen molar-refractivity contribution in [1.82, 2.24) is 0 Å². The van der Waals surface area contributed by atoms with E-state index < -0.39 is 5.60 Å². The number of hydrogen-bond donors (Lipinski definition) is 2. The summed E-state index contributed by atoms with van der Waals surface area (Å²) in [5, 5.41) is 13.4. The normalized spacial score (nSPS) is 30.4. The van der Waals surface area contributed by atoms with Crippen molar-refractivity contribution in [2.24, 2.45) is 5.92 Å². The summed E-state index contributed by atoms with van der Waals surface area (Å²) in [6.45, 7) is 0.953. The third-order valence-electron chi connectivity index (χ3n) is 5.57. The molecule has 0 amide bonds. The van der Waals surface area contributed by atoms with Crippen molar-refractivity contribution >= 4 is 0 Å². The molecule has 0 bridgehead atoms. The first-order chi connectivity index (χ1) is 11.1. The molecule has 1 aromatic carbocycles. The van der Waals surface area contributed by atoms with Gasteiger partial charge in [0.2, 0.25) is 5.75 Å². The van der Waals surface area contributed by atoms with Crippen molar-refractivity contribution in [1.29, 1.82) is 0 Å². The van der Waals surface area contributed by atoms with Gasteiger partial charge in [0, 0.05) is 17.9 Å². The zero-order chi connectivity index (χ0) is 16.4. The fraction of sp³-hybridized carbons (Fsp3) is 0.667. The van der Waals surface area contributed by atoms with Crippen molar-refractivity contribution in [3.63, 3.8) is 0 Å². The van der Waals surface area contributed by atoms with E-state index in [4.69, 9.17) is 14.2 Å². The van der Waals surface area contributed by atoms with E-state index in [1.54, 1.807) is 21.3 Å². The molecule has 3 atom stereocenters. The van der Waals surface area contributed by atoms with Crippen molar-refractivity contribution in [3.8, 4) is 17.2 Å². The van der Waals surface area contributed by atoms with Crippen LogP contribution in [0.25, 0.3) is 0 Å². The van der Waals surface area contributed by atoms with E-state index in [0.29, 0.717) is 17.2 Å². The van der Waals surface area contributed by atoms with Gasteiger partial charge in [0.1, 0.15) is 6.04 Å². The van der Waals surface area contributed by atoms with Crippen LogP contribution < -0.4 is 19.5 Å². The van der Waals surface area contributed by atoms with Gasteiger partial charge in [-0.1, -0.05) is 12.8 Å². The summed E-state index contributed by atoms with van der Waals surface area (Å²) in [6, 6.07) is 4.30. The van der Waals surface area contributed by atoms with E-state index in [9.17, 15) is 5.11 Å². The number of rotatable bonds is 4. The first kappa shape index (κ1) is 16.4. The quantitative estimate of drug-likeness (QED) is 0.884. The Morgan fingerprint density at radius 3 is 2.35 bits per heavy atom. The summed E-state index contributed by atoms with van der Waals surface area (Å²) >= 11 is 0. The fourth-order valence-corrected chi connectivity index (χ4v) is 4.41. The van der Waals surface area contributed by atoms with Crippen LogP contribution in [0, 0.1) is 5.92 Å². The first-order valence-electron chi connectivity index (χ1n) is 8.48. The van der Waals surface area contributed by atoms with E-state index in [1.807, 2.05) is 12.1 Å². The third-order valence-corrected chi connectivity index (χ3v) is 5.57. The van der Waals surface area contributed by atoms with Crippen LogP contribution in [0.2, 0.25) is 0 Å². The number of methoxy groups -OCH3 is 3. The molecule has 0 spiro atoms. The molecule has 5 heteroatoms. The number of quaternary nitrogens is 1. The van der Waals surface area contributed by atoms with Gasteiger partial charge < -0.3 is 24.6 Å². The van der Waals surface area contributed by atoms with Gasteiger partial charge >= 0.3 is 0 Å². The van der Waals surface area contributed by atoms with Gasteiger partial charge in [-0.05, 0) is 25.0 Å². The maximum atomic E-state index is 11.1. The van der Waals surface area contributed by atoms with Crippen LogP contribution in [0.3, 0.4) is 0 Å². The highest BCUT2D eigenvalue weighted by Gasteiger charge is 2.48. The molecule has 1 heterocycles. The van der Waals surface area contributed by atoms with Crippen molar-refractivity contribution in [2.45, 2.75) is 43.7 Å². The lowest BCUT2D eigenvalue weighted by Gasteiger charge is -2.46. The van der Waals surface area contributed by atoms with Gasteiger partial charge in [0.05, 0.1) is 33.5 Å². The molecule has 3 rings (SSSR count). The minimum Gasteiger partial charge on any atom is -0.493 e. The largest absolute Gasteiger partial charge is 0.493 e. The summed E-state index contributed by atoms with van der Waals surface area (Å²) in [6.07, 6.45) is 5.22. The number of hydrogen-bond acceptors (Lipinski definition) is 4. The van der Waals surface area contributed by atoms with Gasteiger partial charge in [-0.25, -0.2) is 0 Å². The molecular formula is C18H28NO4+. The van der Waals surface area contributed by atoms with Gasteiger partial charge in [0.25, 0.3) is 0 Å². The molecule has 1 saturated heterocycles. The highest BCUT2D eigenvalue weighted by Crippen LogP contribution is 2.46. The Balaban J connectivity index is 2.00. The highest BCUT2D eigenvalue weighted by molar-refractivity contribution is 5.54. The molecule has 5 nitrogen and oxygen atoms in total. The molecule has 0 unspecified atom stereocenters. The molecule has 2 aliphatic rings. The second-order valence-electron chi connectivity index (χ2n) is 6.71. The van der Waals surface area contributed by atoms with Crippen LogP contribution in [-0.2, 0) is 0 Å². The lowest BCUT2D eigenvalue weighted by atomic mass is 9.67. The minimum absolute atomic E-state index is 0.239. The maximum Gasteiger partial charge on any atom is 0.203 e. The molecule has 0 aromatic heterocycles. The molecule has 128 valence electrons. The van der Waals surface area contributed by atoms with E-state index in [-0.39, 0.29) is 12.0 Å².